The van der Waals surface area contributed by atoms with Crippen molar-refractivity contribution in [1.29, 1.82) is 0 Å². The number of nitrogens with zero attached hydrogens (tertiary/aromatic N) is 2. The van der Waals surface area contributed by atoms with Crippen molar-refractivity contribution in [3.8, 4) is 5.75 Å². The van der Waals surface area contributed by atoms with E-state index in [4.69, 9.17) is 31.5 Å². The predicted molar refractivity (Wildman–Crippen MR) is 163 cm³/mol. The molecule has 0 spiro atoms. The zero-order valence-electron chi connectivity index (χ0n) is 25.7. The summed E-state index contributed by atoms with van der Waals surface area (Å²) in [5.41, 5.74) is 5.98. The Morgan fingerprint density at radius 2 is 1.69 bits per heavy atom. The number of likely N-dealkylation sites (tertiary alicyclic amines) is 2. The molecule has 0 bridgehead atoms. The molecule has 2 saturated heterocycles. The lowest BCUT2D eigenvalue weighted by Crippen LogP contribution is -2.47. The van der Waals surface area contributed by atoms with E-state index in [2.05, 4.69) is 20.4 Å². The Morgan fingerprint density at radius 1 is 1.05 bits per heavy atom. The van der Waals surface area contributed by atoms with Crippen molar-refractivity contribution >= 4 is 35.3 Å². The molecule has 2 amide bonds. The van der Waals surface area contributed by atoms with E-state index in [9.17, 15) is 14.4 Å². The van der Waals surface area contributed by atoms with E-state index < -0.39 is 23.7 Å². The lowest BCUT2D eigenvalue weighted by Gasteiger charge is -2.38. The molecule has 1 atom stereocenters. The maximum absolute atomic E-state index is 12.9. The van der Waals surface area contributed by atoms with Crippen LogP contribution in [0.3, 0.4) is 0 Å². The lowest BCUT2D eigenvalue weighted by atomic mass is 9.94. The molecule has 1 aromatic rings. The Kier molecular flexibility index (Phi) is 12.6. The first-order valence-corrected chi connectivity index (χ1v) is 15.2. The fourth-order valence-electron chi connectivity index (χ4n) is 5.56. The van der Waals surface area contributed by atoms with Crippen LogP contribution in [0.1, 0.15) is 69.7 Å². The molecule has 4 N–H and O–H groups in total. The monoisotopic (exact) mass is 609 g/mol. The molecule has 1 unspecified atom stereocenters. The summed E-state index contributed by atoms with van der Waals surface area (Å²) in [6.45, 7) is 11.2. The molecule has 1 aromatic carbocycles. The van der Waals surface area contributed by atoms with Crippen molar-refractivity contribution < 1.29 is 28.6 Å². The number of piperidine rings is 2. The molecule has 11 nitrogen and oxygen atoms in total. The van der Waals surface area contributed by atoms with Crippen LogP contribution in [0.5, 0.6) is 5.75 Å². The minimum Gasteiger partial charge on any atom is -0.496 e. The van der Waals surface area contributed by atoms with E-state index >= 15 is 0 Å². The second-order valence-corrected chi connectivity index (χ2v) is 12.7. The maximum atomic E-state index is 12.9. The SMILES string of the molecule is COC(=O)C(CCCN1CCC(CN2CCC(NC(=O)c3cc(Cl)c(N)cc3OC)CC2)CC1)NC(=O)OC(C)(C)C. The topological polar surface area (TPSA) is 135 Å². The van der Waals surface area contributed by atoms with Gasteiger partial charge in [-0.05, 0) is 90.9 Å². The number of halogens is 1. The van der Waals surface area contributed by atoms with Crippen LogP contribution in [-0.2, 0) is 14.3 Å². The molecule has 12 heteroatoms. The summed E-state index contributed by atoms with van der Waals surface area (Å²) < 4.78 is 15.5. The lowest BCUT2D eigenvalue weighted by molar-refractivity contribution is -0.143. The number of nitrogens with one attached hydrogen (secondary N) is 2. The first kappa shape index (κ1) is 33.7. The van der Waals surface area contributed by atoms with Gasteiger partial charge < -0.3 is 40.4 Å². The van der Waals surface area contributed by atoms with Crippen LogP contribution in [0.25, 0.3) is 0 Å². The Bertz CT molecular complexity index is 1070. The molecule has 236 valence electrons. The van der Waals surface area contributed by atoms with Crippen molar-refractivity contribution in [2.24, 2.45) is 5.92 Å². The van der Waals surface area contributed by atoms with Crippen molar-refractivity contribution in [2.45, 2.75) is 77.0 Å². The molecule has 2 aliphatic heterocycles. The zero-order valence-corrected chi connectivity index (χ0v) is 26.4. The summed E-state index contributed by atoms with van der Waals surface area (Å²) >= 11 is 6.13. The number of esters is 1. The van der Waals surface area contributed by atoms with Crippen molar-refractivity contribution in [3.05, 3.63) is 22.7 Å². The number of alkyl carbamates (subject to hydrolysis) is 1. The summed E-state index contributed by atoms with van der Waals surface area (Å²) in [7, 11) is 2.83. The first-order valence-electron chi connectivity index (χ1n) is 14.8. The van der Waals surface area contributed by atoms with Gasteiger partial charge in [0.1, 0.15) is 17.4 Å². The Hall–Kier alpha value is -2.76. The molecule has 0 aromatic heterocycles. The molecule has 0 radical (unpaired) electrons. The largest absolute Gasteiger partial charge is 0.496 e. The Balaban J connectivity index is 1.35. The predicted octanol–water partition coefficient (Wildman–Crippen LogP) is 3.68. The van der Waals surface area contributed by atoms with E-state index in [0.29, 0.717) is 34.4 Å². The number of hydrogen-bond donors (Lipinski definition) is 3. The highest BCUT2D eigenvalue weighted by Gasteiger charge is 2.28. The second kappa shape index (κ2) is 15.6. The summed E-state index contributed by atoms with van der Waals surface area (Å²) in [5, 5.41) is 6.12. The Morgan fingerprint density at radius 3 is 2.29 bits per heavy atom. The number of ether oxygens (including phenoxy) is 3. The summed E-state index contributed by atoms with van der Waals surface area (Å²) in [6, 6.07) is 2.52. The minimum atomic E-state index is -0.721. The fourth-order valence-corrected chi connectivity index (χ4v) is 5.72. The van der Waals surface area contributed by atoms with Gasteiger partial charge in [0.15, 0.2) is 0 Å². The van der Waals surface area contributed by atoms with Crippen LogP contribution in [0.4, 0.5) is 10.5 Å². The first-order chi connectivity index (χ1) is 19.9. The standard InChI is InChI=1S/C30H48ClN5O6/c1-30(2,3)42-29(39)34-25(28(38)41-5)7-6-12-35-13-8-20(9-14-35)19-36-15-10-21(11-16-36)33-27(37)22-17-23(31)24(32)18-26(22)40-4/h17-18,20-21,25H,6-16,19,32H2,1-5H3,(H,33,37)(H,34,39). The average Bonchev–Trinajstić information content (AvgIpc) is 2.94. The van der Waals surface area contributed by atoms with E-state index in [1.165, 1.54) is 14.2 Å². The van der Waals surface area contributed by atoms with E-state index in [0.717, 1.165) is 71.4 Å². The molecule has 2 fully saturated rings. The molecule has 2 heterocycles. The summed E-state index contributed by atoms with van der Waals surface area (Å²) in [4.78, 5) is 42.1. The molecular formula is C30H48ClN5O6. The average molecular weight is 610 g/mol. The van der Waals surface area contributed by atoms with Gasteiger partial charge in [-0.3, -0.25) is 4.79 Å². The third kappa shape index (κ3) is 10.5. The molecule has 0 saturated carbocycles. The van der Waals surface area contributed by atoms with Crippen molar-refractivity contribution in [1.82, 2.24) is 20.4 Å². The number of nitrogens with two attached hydrogens (primary N) is 1. The highest BCUT2D eigenvalue weighted by Crippen LogP contribution is 2.29. The third-order valence-electron chi connectivity index (χ3n) is 7.85. The van der Waals surface area contributed by atoms with Crippen LogP contribution < -0.4 is 21.1 Å². The number of carbonyl (C=O) groups excluding carboxylic acids is 3. The maximum Gasteiger partial charge on any atom is 0.408 e. The van der Waals surface area contributed by atoms with Gasteiger partial charge in [0, 0.05) is 31.7 Å². The van der Waals surface area contributed by atoms with Crippen LogP contribution in [0.2, 0.25) is 5.02 Å². The highest BCUT2D eigenvalue weighted by atomic mass is 35.5. The number of methoxy groups -OCH3 is 2. The molecule has 0 aliphatic carbocycles. The quantitative estimate of drug-likeness (QED) is 0.253. The minimum absolute atomic E-state index is 0.107. The number of rotatable bonds is 11. The molecular weight excluding hydrogens is 562 g/mol. The number of benzene rings is 1. The van der Waals surface area contributed by atoms with Gasteiger partial charge in [0.2, 0.25) is 0 Å². The van der Waals surface area contributed by atoms with E-state index in [1.54, 1.807) is 32.9 Å². The second-order valence-electron chi connectivity index (χ2n) is 12.3. The van der Waals surface area contributed by atoms with E-state index in [-0.39, 0.29) is 11.9 Å². The van der Waals surface area contributed by atoms with Gasteiger partial charge in [-0.25, -0.2) is 9.59 Å². The van der Waals surface area contributed by atoms with Gasteiger partial charge in [-0.15, -0.1) is 0 Å². The number of nitrogen functional groups attached to an aromatic ring is 1. The normalized spacial score (nSPS) is 18.2. The third-order valence-corrected chi connectivity index (χ3v) is 8.18. The number of anilines is 1. The summed E-state index contributed by atoms with van der Waals surface area (Å²) in [6.07, 6.45) is 4.71. The van der Waals surface area contributed by atoms with Crippen LogP contribution in [-0.4, -0.2) is 98.9 Å². The van der Waals surface area contributed by atoms with Crippen LogP contribution in [0, 0.1) is 5.92 Å². The van der Waals surface area contributed by atoms with Crippen LogP contribution in [0.15, 0.2) is 12.1 Å². The number of amides is 2. The van der Waals surface area contributed by atoms with Crippen LogP contribution >= 0.6 is 11.6 Å². The van der Waals surface area contributed by atoms with Gasteiger partial charge in [-0.2, -0.15) is 0 Å². The van der Waals surface area contributed by atoms with Gasteiger partial charge >= 0.3 is 12.1 Å². The smallest absolute Gasteiger partial charge is 0.408 e. The number of hydrogen-bond acceptors (Lipinski definition) is 9. The van der Waals surface area contributed by atoms with Gasteiger partial charge in [0.25, 0.3) is 5.91 Å². The Labute approximate surface area is 254 Å². The van der Waals surface area contributed by atoms with Crippen molar-refractivity contribution in [2.75, 3.05) is 59.2 Å². The number of carbonyl (C=O) groups is 3. The zero-order chi connectivity index (χ0) is 30.9. The summed E-state index contributed by atoms with van der Waals surface area (Å²) in [5.74, 6) is 0.402. The molecule has 2 aliphatic rings. The van der Waals surface area contributed by atoms with E-state index in [1.807, 2.05) is 0 Å². The van der Waals surface area contributed by atoms with Crippen molar-refractivity contribution in [3.63, 3.8) is 0 Å². The molecule has 42 heavy (non-hydrogen) atoms. The van der Waals surface area contributed by atoms with Gasteiger partial charge in [0.05, 0.1) is 30.5 Å². The highest BCUT2D eigenvalue weighted by molar-refractivity contribution is 6.33. The fraction of sp³-hybridized carbons (Fsp3) is 0.700. The van der Waals surface area contributed by atoms with Gasteiger partial charge in [-0.1, -0.05) is 11.6 Å². The molecule has 3 rings (SSSR count).